The lowest BCUT2D eigenvalue weighted by molar-refractivity contribution is -0.124. The summed E-state index contributed by atoms with van der Waals surface area (Å²) in [6.07, 6.45) is 5.18. The topological polar surface area (TPSA) is 20.3 Å². The molecule has 17 heavy (non-hydrogen) atoms. The second-order valence-electron chi connectivity index (χ2n) is 5.22. The summed E-state index contributed by atoms with van der Waals surface area (Å²) in [7, 11) is 0. The van der Waals surface area contributed by atoms with Crippen LogP contribution in [0.4, 0.5) is 0 Å². The zero-order valence-corrected chi connectivity index (χ0v) is 11.1. The maximum atomic E-state index is 11.6. The van der Waals surface area contributed by atoms with Crippen LogP contribution < -0.4 is 0 Å². The third kappa shape index (κ3) is 1.95. The van der Waals surface area contributed by atoms with Crippen molar-refractivity contribution in [1.82, 2.24) is 4.90 Å². The van der Waals surface area contributed by atoms with Gasteiger partial charge < -0.3 is 0 Å². The van der Waals surface area contributed by atoms with Gasteiger partial charge in [-0.3, -0.25) is 9.69 Å². The first-order valence-electron chi connectivity index (χ1n) is 6.62. The summed E-state index contributed by atoms with van der Waals surface area (Å²) in [5.41, 5.74) is 0. The van der Waals surface area contributed by atoms with Gasteiger partial charge in [0.25, 0.3) is 0 Å². The highest BCUT2D eigenvalue weighted by Crippen LogP contribution is 2.42. The Morgan fingerprint density at radius 2 is 2.12 bits per heavy atom. The molecule has 0 spiro atoms. The molecule has 3 atom stereocenters. The molecule has 0 aromatic carbocycles. The Kier molecular flexibility index (Phi) is 3.05. The highest BCUT2D eigenvalue weighted by molar-refractivity contribution is 7.10. The van der Waals surface area contributed by atoms with E-state index < -0.39 is 0 Å². The average Bonchev–Trinajstić information content (AvgIpc) is 2.90. The predicted molar refractivity (Wildman–Crippen MR) is 70.2 cm³/mol. The van der Waals surface area contributed by atoms with Gasteiger partial charge in [0.2, 0.25) is 0 Å². The lowest BCUT2D eigenvalue weighted by atomic mass is 9.97. The average molecular weight is 249 g/mol. The quantitative estimate of drug-likeness (QED) is 0.818. The summed E-state index contributed by atoms with van der Waals surface area (Å²) >= 11 is 1.86. The molecule has 0 aliphatic carbocycles. The number of piperidine rings is 1. The maximum Gasteiger partial charge on any atom is 0.136 e. The van der Waals surface area contributed by atoms with Crippen molar-refractivity contribution in [3.63, 3.8) is 0 Å². The van der Waals surface area contributed by atoms with Crippen LogP contribution in [-0.4, -0.2) is 22.8 Å². The van der Waals surface area contributed by atoms with Gasteiger partial charge in [-0.2, -0.15) is 0 Å². The fourth-order valence-electron chi connectivity index (χ4n) is 3.55. The van der Waals surface area contributed by atoms with Gasteiger partial charge in [-0.15, -0.1) is 11.3 Å². The first-order valence-corrected chi connectivity index (χ1v) is 7.50. The van der Waals surface area contributed by atoms with Crippen LogP contribution >= 0.6 is 11.3 Å². The molecular formula is C14H19NOS. The molecule has 3 heterocycles. The summed E-state index contributed by atoms with van der Waals surface area (Å²) < 4.78 is 0. The van der Waals surface area contributed by atoms with E-state index in [9.17, 15) is 4.79 Å². The van der Waals surface area contributed by atoms with Gasteiger partial charge in [0.1, 0.15) is 5.78 Å². The minimum Gasteiger partial charge on any atom is -0.300 e. The van der Waals surface area contributed by atoms with Crippen LogP contribution in [0.1, 0.15) is 49.9 Å². The number of carbonyl (C=O) groups is 1. The molecule has 2 bridgehead atoms. The van der Waals surface area contributed by atoms with Crippen LogP contribution in [0.2, 0.25) is 0 Å². The predicted octanol–water partition coefficient (Wildman–Crippen LogP) is 3.40. The lowest BCUT2D eigenvalue weighted by Crippen LogP contribution is -2.44. The number of nitrogens with zero attached hydrogens (tertiary/aromatic N) is 1. The highest BCUT2D eigenvalue weighted by Gasteiger charge is 2.43. The van der Waals surface area contributed by atoms with E-state index in [-0.39, 0.29) is 0 Å². The van der Waals surface area contributed by atoms with Crippen LogP contribution in [0.15, 0.2) is 17.5 Å². The molecule has 1 aromatic heterocycles. The van der Waals surface area contributed by atoms with Gasteiger partial charge >= 0.3 is 0 Å². The SMILES string of the molecule is CCC(c1cccs1)N1C2CCC1CC(=O)C2. The van der Waals surface area contributed by atoms with E-state index in [0.29, 0.717) is 23.9 Å². The molecular weight excluding hydrogens is 230 g/mol. The molecule has 3 rings (SSSR count). The van der Waals surface area contributed by atoms with Crippen molar-refractivity contribution in [1.29, 1.82) is 0 Å². The molecule has 3 heteroatoms. The summed E-state index contributed by atoms with van der Waals surface area (Å²) in [6.45, 7) is 2.26. The molecule has 3 unspecified atom stereocenters. The Morgan fingerprint density at radius 3 is 2.65 bits per heavy atom. The molecule has 0 radical (unpaired) electrons. The summed E-state index contributed by atoms with van der Waals surface area (Å²) in [5, 5.41) is 2.16. The zero-order chi connectivity index (χ0) is 11.8. The Morgan fingerprint density at radius 1 is 1.41 bits per heavy atom. The summed E-state index contributed by atoms with van der Waals surface area (Å²) in [5.74, 6) is 0.481. The fraction of sp³-hybridized carbons (Fsp3) is 0.643. The molecule has 0 amide bonds. The first-order chi connectivity index (χ1) is 8.29. The zero-order valence-electron chi connectivity index (χ0n) is 10.3. The van der Waals surface area contributed by atoms with Crippen molar-refractivity contribution in [2.45, 2.75) is 57.2 Å². The van der Waals surface area contributed by atoms with Crippen molar-refractivity contribution < 1.29 is 4.79 Å². The van der Waals surface area contributed by atoms with Crippen molar-refractivity contribution in [2.75, 3.05) is 0 Å². The second kappa shape index (κ2) is 4.54. The van der Waals surface area contributed by atoms with Gasteiger partial charge in [0.05, 0.1) is 0 Å². The van der Waals surface area contributed by atoms with Crippen LogP contribution in [-0.2, 0) is 4.79 Å². The van der Waals surface area contributed by atoms with Gasteiger partial charge in [-0.1, -0.05) is 13.0 Å². The Balaban J connectivity index is 1.86. The van der Waals surface area contributed by atoms with E-state index in [4.69, 9.17) is 0 Å². The first kappa shape index (κ1) is 11.4. The van der Waals surface area contributed by atoms with Gasteiger partial charge in [-0.25, -0.2) is 0 Å². The Hall–Kier alpha value is -0.670. The van der Waals surface area contributed by atoms with Crippen LogP contribution in [0, 0.1) is 0 Å². The molecule has 2 aliphatic rings. The van der Waals surface area contributed by atoms with Crippen molar-refractivity contribution in [3.8, 4) is 0 Å². The van der Waals surface area contributed by atoms with E-state index in [2.05, 4.69) is 29.3 Å². The normalized spacial score (nSPS) is 30.8. The number of fused-ring (bicyclic) bond motifs is 2. The lowest BCUT2D eigenvalue weighted by Gasteiger charge is -2.39. The van der Waals surface area contributed by atoms with Crippen molar-refractivity contribution in [2.24, 2.45) is 0 Å². The van der Waals surface area contributed by atoms with Gasteiger partial charge in [0.15, 0.2) is 0 Å². The minimum atomic E-state index is 0.481. The van der Waals surface area contributed by atoms with E-state index >= 15 is 0 Å². The van der Waals surface area contributed by atoms with Gasteiger partial charge in [0, 0.05) is 35.8 Å². The highest BCUT2D eigenvalue weighted by atomic mass is 32.1. The van der Waals surface area contributed by atoms with Crippen LogP contribution in [0.25, 0.3) is 0 Å². The summed E-state index contributed by atoms with van der Waals surface area (Å²) in [4.78, 5) is 15.8. The van der Waals surface area contributed by atoms with E-state index in [1.807, 2.05) is 11.3 Å². The number of Topliss-reactive ketones (excluding diaryl/α,β-unsaturated/α-hetero) is 1. The van der Waals surface area contributed by atoms with Crippen molar-refractivity contribution in [3.05, 3.63) is 22.4 Å². The number of ketones is 1. The molecule has 2 fully saturated rings. The molecule has 0 N–H and O–H groups in total. The molecule has 0 saturated carbocycles. The summed E-state index contributed by atoms with van der Waals surface area (Å²) in [6, 6.07) is 5.97. The number of rotatable bonds is 3. The third-order valence-electron chi connectivity index (χ3n) is 4.22. The molecule has 2 saturated heterocycles. The molecule has 1 aromatic rings. The smallest absolute Gasteiger partial charge is 0.136 e. The number of carbonyl (C=O) groups excluding carboxylic acids is 1. The number of thiophene rings is 1. The molecule has 2 aliphatic heterocycles. The van der Waals surface area contributed by atoms with E-state index in [0.717, 1.165) is 19.3 Å². The van der Waals surface area contributed by atoms with E-state index in [1.165, 1.54) is 17.7 Å². The monoisotopic (exact) mass is 249 g/mol. The molecule has 92 valence electrons. The Bertz CT molecular complexity index is 384. The second-order valence-corrected chi connectivity index (χ2v) is 6.20. The maximum absolute atomic E-state index is 11.6. The standard InChI is InChI=1S/C14H19NOS/c1-2-13(14-4-3-7-17-14)15-10-5-6-11(15)9-12(16)8-10/h3-4,7,10-11,13H,2,5-6,8-9H2,1H3. The number of hydrogen-bond donors (Lipinski definition) is 0. The van der Waals surface area contributed by atoms with Gasteiger partial charge in [-0.05, 0) is 30.7 Å². The van der Waals surface area contributed by atoms with Crippen LogP contribution in [0.5, 0.6) is 0 Å². The van der Waals surface area contributed by atoms with E-state index in [1.54, 1.807) is 0 Å². The van der Waals surface area contributed by atoms with Crippen LogP contribution in [0.3, 0.4) is 0 Å². The minimum absolute atomic E-state index is 0.481. The van der Waals surface area contributed by atoms with Crippen molar-refractivity contribution >= 4 is 17.1 Å². The fourth-order valence-corrected chi connectivity index (χ4v) is 4.47. The Labute approximate surface area is 107 Å². The largest absolute Gasteiger partial charge is 0.300 e. The molecule has 2 nitrogen and oxygen atoms in total. The third-order valence-corrected chi connectivity index (χ3v) is 5.19. The number of hydrogen-bond acceptors (Lipinski definition) is 3.